The molecular formula is C5H15Cl2NSi2. The molecule has 0 atom stereocenters. The van der Waals surface area contributed by atoms with Crippen LogP contribution in [-0.2, 0) is 0 Å². The van der Waals surface area contributed by atoms with Gasteiger partial charge in [-0.15, -0.1) is 22.2 Å². The Bertz CT molecular complexity index is 102. The first kappa shape index (κ1) is 11.0. The van der Waals surface area contributed by atoms with E-state index in [4.69, 9.17) is 22.2 Å². The zero-order valence-corrected chi connectivity index (χ0v) is 10.7. The van der Waals surface area contributed by atoms with E-state index in [1.54, 1.807) is 0 Å². The predicted octanol–water partition coefficient (Wildman–Crippen LogP) is 2.80. The summed E-state index contributed by atoms with van der Waals surface area (Å²) in [7, 11) is -1.30. The molecule has 0 heterocycles. The number of hydrogen-bond acceptors (Lipinski definition) is 1. The lowest BCUT2D eigenvalue weighted by molar-refractivity contribution is 0.792. The lowest BCUT2D eigenvalue weighted by Gasteiger charge is -2.35. The second-order valence-corrected chi connectivity index (χ2v) is 16.4. The van der Waals surface area contributed by atoms with Crippen LogP contribution in [0.4, 0.5) is 0 Å². The SMILES string of the molecule is CN([Si](C)(C)Cl)[Si](C)(C)Cl. The molecule has 0 amide bonds. The van der Waals surface area contributed by atoms with Gasteiger partial charge in [0, 0.05) is 0 Å². The lowest BCUT2D eigenvalue weighted by atomic mass is 11.6. The van der Waals surface area contributed by atoms with Crippen LogP contribution in [0.5, 0.6) is 0 Å². The van der Waals surface area contributed by atoms with Crippen LogP contribution in [0.2, 0.25) is 26.2 Å². The van der Waals surface area contributed by atoms with Gasteiger partial charge in [0.2, 0.25) is 15.1 Å². The molecule has 0 fully saturated rings. The van der Waals surface area contributed by atoms with Crippen LogP contribution in [0.1, 0.15) is 0 Å². The van der Waals surface area contributed by atoms with E-state index in [0.29, 0.717) is 0 Å². The molecule has 0 aromatic carbocycles. The molecule has 5 heteroatoms. The maximum Gasteiger partial charge on any atom is 0.217 e. The largest absolute Gasteiger partial charge is 0.325 e. The molecule has 0 bridgehead atoms. The maximum absolute atomic E-state index is 6.18. The Balaban J connectivity index is 4.23. The van der Waals surface area contributed by atoms with Crippen LogP contribution in [-0.4, -0.2) is 26.4 Å². The Labute approximate surface area is 74.9 Å². The van der Waals surface area contributed by atoms with Crippen molar-refractivity contribution in [2.24, 2.45) is 0 Å². The Hall–Kier alpha value is 0.974. The van der Waals surface area contributed by atoms with Gasteiger partial charge in [0.1, 0.15) is 0 Å². The molecule has 0 aliphatic rings. The summed E-state index contributed by atoms with van der Waals surface area (Å²) in [5, 5.41) is 0. The molecule has 0 aromatic rings. The summed E-state index contributed by atoms with van der Waals surface area (Å²) in [6, 6.07) is 0. The molecule has 0 aromatic heterocycles. The molecule has 0 rings (SSSR count). The second-order valence-electron chi connectivity index (χ2n) is 3.38. The number of halogens is 2. The van der Waals surface area contributed by atoms with Gasteiger partial charge in [-0.05, 0) is 33.2 Å². The molecule has 0 radical (unpaired) electrons. The van der Waals surface area contributed by atoms with Crippen LogP contribution in [0.25, 0.3) is 0 Å². The van der Waals surface area contributed by atoms with Crippen molar-refractivity contribution >= 4 is 37.2 Å². The van der Waals surface area contributed by atoms with E-state index in [2.05, 4.69) is 30.4 Å². The molecule has 0 N–H and O–H groups in total. The van der Waals surface area contributed by atoms with E-state index in [1.165, 1.54) is 0 Å². The van der Waals surface area contributed by atoms with Crippen LogP contribution in [0.3, 0.4) is 0 Å². The van der Waals surface area contributed by atoms with Crippen molar-refractivity contribution in [1.29, 1.82) is 0 Å². The highest BCUT2D eigenvalue weighted by atomic mass is 35.6. The van der Waals surface area contributed by atoms with Crippen molar-refractivity contribution in [3.8, 4) is 0 Å². The van der Waals surface area contributed by atoms with Crippen LogP contribution in [0.15, 0.2) is 0 Å². The van der Waals surface area contributed by atoms with Crippen LogP contribution >= 0.6 is 22.2 Å². The fourth-order valence-electron chi connectivity index (χ4n) is 0.632. The maximum atomic E-state index is 6.18. The average Bonchev–Trinajstić information content (AvgIpc) is 1.59. The summed E-state index contributed by atoms with van der Waals surface area (Å²) in [5.74, 6) is 0. The average molecular weight is 216 g/mol. The van der Waals surface area contributed by atoms with Gasteiger partial charge in [-0.1, -0.05) is 0 Å². The van der Waals surface area contributed by atoms with E-state index < -0.39 is 15.1 Å². The van der Waals surface area contributed by atoms with Gasteiger partial charge in [-0.25, -0.2) is 0 Å². The van der Waals surface area contributed by atoms with Crippen molar-refractivity contribution in [3.63, 3.8) is 0 Å². The summed E-state index contributed by atoms with van der Waals surface area (Å²) in [5.41, 5.74) is 0. The summed E-state index contributed by atoms with van der Waals surface area (Å²) >= 11 is 12.4. The molecule has 0 spiro atoms. The zero-order valence-electron chi connectivity index (χ0n) is 7.20. The molecule has 0 aliphatic heterocycles. The molecular weight excluding hydrogens is 201 g/mol. The van der Waals surface area contributed by atoms with E-state index in [0.717, 1.165) is 0 Å². The summed E-state index contributed by atoms with van der Waals surface area (Å²) < 4.78 is 2.18. The van der Waals surface area contributed by atoms with E-state index >= 15 is 0 Å². The topological polar surface area (TPSA) is 3.24 Å². The molecule has 1 nitrogen and oxygen atoms in total. The normalized spacial score (nSPS) is 14.4. The fourth-order valence-corrected chi connectivity index (χ4v) is 9.88. The minimum absolute atomic E-state index is 1.66. The summed E-state index contributed by atoms with van der Waals surface area (Å²) in [6.45, 7) is 8.36. The first-order valence-electron chi connectivity index (χ1n) is 3.27. The second kappa shape index (κ2) is 3.15. The van der Waals surface area contributed by atoms with Gasteiger partial charge in [0.05, 0.1) is 0 Å². The Morgan fingerprint density at radius 2 is 1.10 bits per heavy atom. The monoisotopic (exact) mass is 215 g/mol. The van der Waals surface area contributed by atoms with Gasteiger partial charge in [-0.2, -0.15) is 0 Å². The van der Waals surface area contributed by atoms with Crippen molar-refractivity contribution < 1.29 is 0 Å². The van der Waals surface area contributed by atoms with E-state index in [-0.39, 0.29) is 0 Å². The highest BCUT2D eigenvalue weighted by molar-refractivity contribution is 7.28. The summed E-state index contributed by atoms with van der Waals surface area (Å²) in [6.07, 6.45) is 0. The Kier molecular flexibility index (Phi) is 3.45. The number of nitrogens with zero attached hydrogens (tertiary/aromatic N) is 1. The standard InChI is InChI=1S/C5H15Cl2NSi2/c1-8(9(2,3)6)10(4,5)7/h1-5H3. The van der Waals surface area contributed by atoms with Gasteiger partial charge in [0.15, 0.2) is 0 Å². The number of rotatable bonds is 2. The Morgan fingerprint density at radius 1 is 0.900 bits per heavy atom. The van der Waals surface area contributed by atoms with Crippen LogP contribution in [0, 0.1) is 0 Å². The van der Waals surface area contributed by atoms with Gasteiger partial charge >= 0.3 is 0 Å². The molecule has 0 saturated heterocycles. The molecule has 62 valence electrons. The lowest BCUT2D eigenvalue weighted by Crippen LogP contribution is -2.53. The minimum atomic E-state index is -1.66. The van der Waals surface area contributed by atoms with E-state index in [1.807, 2.05) is 7.05 Å². The van der Waals surface area contributed by atoms with Crippen molar-refractivity contribution in [1.82, 2.24) is 4.23 Å². The quantitative estimate of drug-likeness (QED) is 0.507. The van der Waals surface area contributed by atoms with Gasteiger partial charge in [0.25, 0.3) is 0 Å². The molecule has 0 aliphatic carbocycles. The first-order chi connectivity index (χ1) is 4.15. The summed E-state index contributed by atoms with van der Waals surface area (Å²) in [4.78, 5) is 0. The highest BCUT2D eigenvalue weighted by Crippen LogP contribution is 2.22. The fraction of sp³-hybridized carbons (Fsp3) is 1.00. The minimum Gasteiger partial charge on any atom is -0.325 e. The zero-order chi connectivity index (χ0) is 8.58. The first-order valence-corrected chi connectivity index (χ1v) is 11.2. The van der Waals surface area contributed by atoms with Crippen molar-refractivity contribution in [2.75, 3.05) is 7.05 Å². The molecule has 0 unspecified atom stereocenters. The number of hydrogen-bond donors (Lipinski definition) is 0. The van der Waals surface area contributed by atoms with Gasteiger partial charge in [-0.3, -0.25) is 0 Å². The molecule has 0 saturated carbocycles. The third-order valence-corrected chi connectivity index (χ3v) is 10.5. The predicted molar refractivity (Wildman–Crippen MR) is 54.4 cm³/mol. The third-order valence-electron chi connectivity index (χ3n) is 1.60. The smallest absolute Gasteiger partial charge is 0.217 e. The van der Waals surface area contributed by atoms with Crippen molar-refractivity contribution in [3.05, 3.63) is 0 Å². The third kappa shape index (κ3) is 3.39. The Morgan fingerprint density at radius 3 is 1.10 bits per heavy atom. The van der Waals surface area contributed by atoms with Gasteiger partial charge < -0.3 is 4.23 Å². The molecule has 10 heavy (non-hydrogen) atoms. The van der Waals surface area contributed by atoms with Crippen LogP contribution < -0.4 is 0 Å². The van der Waals surface area contributed by atoms with Crippen molar-refractivity contribution in [2.45, 2.75) is 26.2 Å². The highest BCUT2D eigenvalue weighted by Gasteiger charge is 2.35. The van der Waals surface area contributed by atoms with E-state index in [9.17, 15) is 0 Å².